The van der Waals surface area contributed by atoms with Crippen LogP contribution in [0, 0.1) is 17.8 Å². The molecule has 4 bridgehead atoms. The lowest BCUT2D eigenvalue weighted by atomic mass is 9.53. The molecule has 0 unspecified atom stereocenters. The van der Waals surface area contributed by atoms with E-state index in [1.165, 1.54) is 19.3 Å². The fraction of sp³-hybridized carbons (Fsp3) is 0.440. The molecule has 7 nitrogen and oxygen atoms in total. The van der Waals surface area contributed by atoms with Crippen LogP contribution >= 0.6 is 0 Å². The van der Waals surface area contributed by atoms with E-state index in [9.17, 15) is 21.6 Å². The van der Waals surface area contributed by atoms with Gasteiger partial charge in [0, 0.05) is 5.56 Å². The number of amidine groups is 1. The molecule has 6 rings (SSSR count). The van der Waals surface area contributed by atoms with Gasteiger partial charge in [-0.05, 0) is 80.5 Å². The number of hydrogen-bond donors (Lipinski definition) is 2. The number of rotatable bonds is 5. The Labute approximate surface area is 207 Å². The summed E-state index contributed by atoms with van der Waals surface area (Å²) in [7, 11) is -4.21. The Morgan fingerprint density at radius 1 is 0.944 bits per heavy atom. The molecule has 0 atom stereocenters. The Morgan fingerprint density at radius 2 is 1.50 bits per heavy atom. The van der Waals surface area contributed by atoms with Gasteiger partial charge in [0.15, 0.2) is 0 Å². The number of ether oxygens (including phenoxy) is 1. The Bertz CT molecular complexity index is 1240. The lowest BCUT2D eigenvalue weighted by Gasteiger charge is -2.54. The third-order valence-corrected chi connectivity index (χ3v) is 8.58. The largest absolute Gasteiger partial charge is 0.573 e. The summed E-state index contributed by atoms with van der Waals surface area (Å²) in [6.07, 6.45) is 1.35. The Balaban J connectivity index is 1.46. The van der Waals surface area contributed by atoms with E-state index < -0.39 is 27.7 Å². The Hall–Kier alpha value is -3.08. The van der Waals surface area contributed by atoms with Crippen molar-refractivity contribution in [2.75, 3.05) is 0 Å². The van der Waals surface area contributed by atoms with E-state index in [0.717, 1.165) is 43.5 Å². The van der Waals surface area contributed by atoms with E-state index >= 15 is 0 Å². The van der Waals surface area contributed by atoms with Crippen molar-refractivity contribution in [3.05, 3.63) is 60.2 Å². The van der Waals surface area contributed by atoms with Crippen LogP contribution in [-0.2, 0) is 10.0 Å². The first kappa shape index (κ1) is 24.6. The molecule has 0 radical (unpaired) electrons. The van der Waals surface area contributed by atoms with Gasteiger partial charge < -0.3 is 10.5 Å². The van der Waals surface area contributed by atoms with E-state index in [1.807, 2.05) is 6.07 Å². The average Bonchev–Trinajstić information content (AvgIpc) is 2.77. The highest BCUT2D eigenvalue weighted by Crippen LogP contribution is 2.57. The van der Waals surface area contributed by atoms with Crippen molar-refractivity contribution in [3.63, 3.8) is 0 Å². The molecule has 0 aliphatic heterocycles. The second-order valence-corrected chi connectivity index (χ2v) is 11.7. The fourth-order valence-electron chi connectivity index (χ4n) is 6.28. The fourth-order valence-corrected chi connectivity index (χ4v) is 7.23. The number of nitrogens with two attached hydrogens (primary N) is 1. The van der Waals surface area contributed by atoms with Gasteiger partial charge in [-0.3, -0.25) is 0 Å². The summed E-state index contributed by atoms with van der Waals surface area (Å²) in [6, 6.07) is 12.9. The van der Waals surface area contributed by atoms with Crippen LogP contribution in [0.4, 0.5) is 13.2 Å². The van der Waals surface area contributed by atoms with Crippen molar-refractivity contribution in [1.29, 1.82) is 0 Å². The topological polar surface area (TPSA) is 106 Å². The maximum Gasteiger partial charge on any atom is 0.573 e. The van der Waals surface area contributed by atoms with Crippen LogP contribution in [0.2, 0.25) is 0 Å². The molecule has 4 aliphatic carbocycles. The first-order chi connectivity index (χ1) is 17.0. The molecule has 11 heteroatoms. The molecule has 0 amide bonds. The van der Waals surface area contributed by atoms with Crippen LogP contribution in [0.15, 0.2) is 69.5 Å². The monoisotopic (exact) mass is 520 g/mol. The molecule has 2 aromatic carbocycles. The van der Waals surface area contributed by atoms with E-state index in [2.05, 4.69) is 14.5 Å². The van der Waals surface area contributed by atoms with Gasteiger partial charge in [0.25, 0.3) is 10.0 Å². The SMILES string of the molecule is NC(=NC(=NC12CC3CC(CC(C3)C1)C2)NS(=O)(=O)c1ccc(OC(F)(F)F)cc1)c1ccccc1. The maximum atomic E-state index is 13.2. The molecule has 0 spiro atoms. The van der Waals surface area contributed by atoms with Gasteiger partial charge in [0.05, 0.1) is 10.4 Å². The molecule has 0 heterocycles. The standard InChI is InChI=1S/C25H27F3N4O3S/c26-25(27,28)35-20-6-8-21(9-7-20)36(33,34)32-23(30-22(29)19-4-2-1-3-5-19)31-24-13-16-10-17(14-24)12-18(11-16)15-24/h1-9,16-18H,10-15H2,(H3,29,30,31,32). The molecule has 36 heavy (non-hydrogen) atoms. The molecule has 0 saturated heterocycles. The minimum atomic E-state index is -4.87. The molecule has 4 aliphatic rings. The molecular weight excluding hydrogens is 493 g/mol. The first-order valence-electron chi connectivity index (χ1n) is 11.9. The highest BCUT2D eigenvalue weighted by Gasteiger charge is 2.51. The second-order valence-electron chi connectivity index (χ2n) is 10.1. The second kappa shape index (κ2) is 9.10. The molecule has 192 valence electrons. The summed E-state index contributed by atoms with van der Waals surface area (Å²) in [5, 5.41) is 0. The van der Waals surface area contributed by atoms with Crippen molar-refractivity contribution in [1.82, 2.24) is 4.72 Å². The number of alkyl halides is 3. The quantitative estimate of drug-likeness (QED) is 0.444. The summed E-state index contributed by atoms with van der Waals surface area (Å²) in [5.41, 5.74) is 6.43. The van der Waals surface area contributed by atoms with Crippen molar-refractivity contribution in [2.45, 2.75) is 55.3 Å². The minimum absolute atomic E-state index is 0.107. The van der Waals surface area contributed by atoms with Gasteiger partial charge in [-0.2, -0.15) is 4.99 Å². The number of benzene rings is 2. The van der Waals surface area contributed by atoms with Crippen LogP contribution in [0.25, 0.3) is 0 Å². The van der Waals surface area contributed by atoms with Crippen LogP contribution in [0.3, 0.4) is 0 Å². The third-order valence-electron chi connectivity index (χ3n) is 7.24. The van der Waals surface area contributed by atoms with Crippen molar-refractivity contribution >= 4 is 21.8 Å². The zero-order valence-electron chi connectivity index (χ0n) is 19.4. The van der Waals surface area contributed by atoms with Crippen LogP contribution < -0.4 is 15.2 Å². The molecular formula is C25H27F3N4O3S. The zero-order chi connectivity index (χ0) is 25.6. The van der Waals surface area contributed by atoms with Gasteiger partial charge in [0.2, 0.25) is 5.96 Å². The molecule has 4 fully saturated rings. The summed E-state index contributed by atoms with van der Waals surface area (Å²) < 4.78 is 70.0. The van der Waals surface area contributed by atoms with E-state index in [-0.39, 0.29) is 16.7 Å². The number of sulfonamides is 1. The highest BCUT2D eigenvalue weighted by atomic mass is 32.2. The Morgan fingerprint density at radius 3 is 2.03 bits per heavy atom. The smallest absolute Gasteiger partial charge is 0.406 e. The van der Waals surface area contributed by atoms with Gasteiger partial charge >= 0.3 is 6.36 Å². The van der Waals surface area contributed by atoms with Gasteiger partial charge in [-0.25, -0.2) is 18.1 Å². The minimum Gasteiger partial charge on any atom is -0.406 e. The lowest BCUT2D eigenvalue weighted by Crippen LogP contribution is -2.50. The van der Waals surface area contributed by atoms with Crippen molar-refractivity contribution in [3.8, 4) is 5.75 Å². The number of nitrogens with zero attached hydrogens (tertiary/aromatic N) is 2. The van der Waals surface area contributed by atoms with Crippen LogP contribution in [0.5, 0.6) is 5.75 Å². The molecule has 4 saturated carbocycles. The Kier molecular flexibility index (Phi) is 6.22. The maximum absolute atomic E-state index is 13.2. The number of hydrogen-bond acceptors (Lipinski definition) is 4. The summed E-state index contributed by atoms with van der Waals surface area (Å²) >= 11 is 0. The van der Waals surface area contributed by atoms with Crippen molar-refractivity contribution in [2.24, 2.45) is 33.5 Å². The van der Waals surface area contributed by atoms with E-state index in [4.69, 9.17) is 10.7 Å². The third kappa shape index (κ3) is 5.50. The van der Waals surface area contributed by atoms with Crippen molar-refractivity contribution < 1.29 is 26.3 Å². The average molecular weight is 521 g/mol. The molecule has 2 aromatic rings. The highest BCUT2D eigenvalue weighted by molar-refractivity contribution is 7.90. The van der Waals surface area contributed by atoms with E-state index in [0.29, 0.717) is 23.3 Å². The summed E-state index contributed by atoms with van der Waals surface area (Å²) in [6.45, 7) is 0. The zero-order valence-corrected chi connectivity index (χ0v) is 20.2. The summed E-state index contributed by atoms with van der Waals surface area (Å²) in [5.74, 6) is 1.21. The molecule has 0 aromatic heterocycles. The van der Waals surface area contributed by atoms with Crippen LogP contribution in [0.1, 0.15) is 44.1 Å². The predicted molar refractivity (Wildman–Crippen MR) is 129 cm³/mol. The number of aliphatic imine (C=N–C) groups is 2. The molecule has 3 N–H and O–H groups in total. The number of guanidine groups is 1. The van der Waals surface area contributed by atoms with Crippen LogP contribution in [-0.4, -0.2) is 32.1 Å². The van der Waals surface area contributed by atoms with E-state index in [1.54, 1.807) is 24.3 Å². The lowest BCUT2D eigenvalue weighted by molar-refractivity contribution is -0.274. The normalized spacial score (nSPS) is 28.2. The van der Waals surface area contributed by atoms with Gasteiger partial charge in [-0.15, -0.1) is 13.2 Å². The van der Waals surface area contributed by atoms with Gasteiger partial charge in [-0.1, -0.05) is 30.3 Å². The number of halogens is 3. The number of nitrogens with one attached hydrogen (secondary N) is 1. The van der Waals surface area contributed by atoms with Gasteiger partial charge in [0.1, 0.15) is 11.6 Å². The predicted octanol–water partition coefficient (Wildman–Crippen LogP) is 4.59. The first-order valence-corrected chi connectivity index (χ1v) is 13.3. The summed E-state index contributed by atoms with van der Waals surface area (Å²) in [4.78, 5) is 9.03.